The summed E-state index contributed by atoms with van der Waals surface area (Å²) in [6.45, 7) is 13.4. The molecule has 0 N–H and O–H groups in total. The Morgan fingerprint density at radius 3 is 2.71 bits per heavy atom. The van der Waals surface area contributed by atoms with E-state index in [4.69, 9.17) is 9.47 Å². The SMILES string of the molecule is C=CCC[C@H]1O[C@H]2CC3[C@H](C)CC[C@H]3C(C)(C)C[C@@]2(C)O1. The Bertz CT molecular complexity index is 402. The second-order valence-corrected chi connectivity index (χ2v) is 8.58. The monoisotopic (exact) mass is 292 g/mol. The molecule has 0 spiro atoms. The summed E-state index contributed by atoms with van der Waals surface area (Å²) in [5.41, 5.74) is 0.259. The van der Waals surface area contributed by atoms with Gasteiger partial charge in [-0.05, 0) is 55.8 Å². The van der Waals surface area contributed by atoms with Crippen molar-refractivity contribution in [2.75, 3.05) is 0 Å². The van der Waals surface area contributed by atoms with Crippen LogP contribution in [0.25, 0.3) is 0 Å². The summed E-state index contributed by atoms with van der Waals surface area (Å²) in [7, 11) is 0. The number of rotatable bonds is 3. The molecule has 2 aliphatic carbocycles. The Hall–Kier alpha value is -0.340. The van der Waals surface area contributed by atoms with E-state index in [0.29, 0.717) is 5.41 Å². The second kappa shape index (κ2) is 5.38. The molecule has 2 heteroatoms. The van der Waals surface area contributed by atoms with Crippen LogP contribution >= 0.6 is 0 Å². The van der Waals surface area contributed by atoms with Crippen molar-refractivity contribution < 1.29 is 9.47 Å². The summed E-state index contributed by atoms with van der Waals surface area (Å²) in [6.07, 6.45) is 9.23. The Morgan fingerprint density at radius 2 is 2.00 bits per heavy atom. The topological polar surface area (TPSA) is 18.5 Å². The molecule has 0 aromatic carbocycles. The number of hydrogen-bond donors (Lipinski definition) is 0. The Balaban J connectivity index is 1.81. The molecule has 0 aromatic heterocycles. The van der Waals surface area contributed by atoms with E-state index in [1.54, 1.807) is 0 Å². The normalized spacial score (nSPS) is 48.5. The minimum Gasteiger partial charge on any atom is -0.346 e. The molecular formula is C19H32O2. The van der Waals surface area contributed by atoms with Crippen LogP contribution in [-0.2, 0) is 9.47 Å². The summed E-state index contributed by atoms with van der Waals surface area (Å²) in [4.78, 5) is 0. The van der Waals surface area contributed by atoms with Gasteiger partial charge in [0.05, 0.1) is 11.7 Å². The van der Waals surface area contributed by atoms with E-state index in [1.165, 1.54) is 19.3 Å². The average molecular weight is 292 g/mol. The van der Waals surface area contributed by atoms with Gasteiger partial charge in [0, 0.05) is 6.42 Å². The van der Waals surface area contributed by atoms with Gasteiger partial charge in [0.25, 0.3) is 0 Å². The van der Waals surface area contributed by atoms with Crippen molar-refractivity contribution in [1.82, 2.24) is 0 Å². The highest BCUT2D eigenvalue weighted by Gasteiger charge is 2.56. The molecule has 6 atom stereocenters. The van der Waals surface area contributed by atoms with E-state index >= 15 is 0 Å². The smallest absolute Gasteiger partial charge is 0.159 e. The lowest BCUT2D eigenvalue weighted by atomic mass is 9.70. The highest BCUT2D eigenvalue weighted by molar-refractivity contribution is 5.04. The first-order chi connectivity index (χ1) is 9.86. The quantitative estimate of drug-likeness (QED) is 0.686. The summed E-state index contributed by atoms with van der Waals surface area (Å²) in [5, 5.41) is 0. The van der Waals surface area contributed by atoms with Gasteiger partial charge in [-0.2, -0.15) is 0 Å². The van der Waals surface area contributed by atoms with Crippen LogP contribution in [0.2, 0.25) is 0 Å². The van der Waals surface area contributed by atoms with E-state index in [0.717, 1.165) is 37.0 Å². The third kappa shape index (κ3) is 2.70. The molecule has 120 valence electrons. The molecule has 1 unspecified atom stereocenters. The van der Waals surface area contributed by atoms with Gasteiger partial charge in [-0.1, -0.05) is 33.3 Å². The maximum absolute atomic E-state index is 6.40. The summed E-state index contributed by atoms with van der Waals surface area (Å²) < 4.78 is 12.7. The second-order valence-electron chi connectivity index (χ2n) is 8.58. The number of hydrogen-bond acceptors (Lipinski definition) is 2. The van der Waals surface area contributed by atoms with Gasteiger partial charge in [-0.15, -0.1) is 6.58 Å². The molecule has 21 heavy (non-hydrogen) atoms. The molecule has 3 rings (SSSR count). The van der Waals surface area contributed by atoms with Crippen LogP contribution in [0.4, 0.5) is 0 Å². The predicted molar refractivity (Wildman–Crippen MR) is 86.0 cm³/mol. The molecule has 2 saturated carbocycles. The summed E-state index contributed by atoms with van der Waals surface area (Å²) in [6, 6.07) is 0. The highest BCUT2D eigenvalue weighted by Crippen LogP contribution is 2.57. The number of allylic oxidation sites excluding steroid dienone is 1. The maximum atomic E-state index is 6.40. The Labute approximate surface area is 130 Å². The van der Waals surface area contributed by atoms with Crippen LogP contribution in [0.15, 0.2) is 12.7 Å². The van der Waals surface area contributed by atoms with Crippen LogP contribution in [0.1, 0.15) is 66.2 Å². The molecule has 3 aliphatic rings. The molecule has 0 aromatic rings. The van der Waals surface area contributed by atoms with Crippen LogP contribution in [0.5, 0.6) is 0 Å². The van der Waals surface area contributed by atoms with Gasteiger partial charge < -0.3 is 9.47 Å². The van der Waals surface area contributed by atoms with Gasteiger partial charge in [-0.3, -0.25) is 0 Å². The average Bonchev–Trinajstić information content (AvgIpc) is 2.87. The molecule has 3 fully saturated rings. The Morgan fingerprint density at radius 1 is 1.24 bits per heavy atom. The van der Waals surface area contributed by atoms with E-state index in [-0.39, 0.29) is 18.0 Å². The van der Waals surface area contributed by atoms with Crippen LogP contribution in [0.3, 0.4) is 0 Å². The summed E-state index contributed by atoms with van der Waals surface area (Å²) >= 11 is 0. The first-order valence-corrected chi connectivity index (χ1v) is 8.80. The first kappa shape index (κ1) is 15.6. The van der Waals surface area contributed by atoms with Gasteiger partial charge in [0.2, 0.25) is 0 Å². The van der Waals surface area contributed by atoms with Crippen molar-refractivity contribution in [3.63, 3.8) is 0 Å². The molecule has 1 aliphatic heterocycles. The molecule has 0 amide bonds. The van der Waals surface area contributed by atoms with Gasteiger partial charge in [-0.25, -0.2) is 0 Å². The van der Waals surface area contributed by atoms with Crippen LogP contribution < -0.4 is 0 Å². The van der Waals surface area contributed by atoms with Crippen molar-refractivity contribution in [3.05, 3.63) is 12.7 Å². The number of fused-ring (bicyclic) bond motifs is 2. The zero-order valence-electron chi connectivity index (χ0n) is 14.2. The van der Waals surface area contributed by atoms with Crippen molar-refractivity contribution >= 4 is 0 Å². The first-order valence-electron chi connectivity index (χ1n) is 8.80. The van der Waals surface area contributed by atoms with Crippen molar-refractivity contribution in [2.24, 2.45) is 23.2 Å². The van der Waals surface area contributed by atoms with E-state index < -0.39 is 0 Å². The van der Waals surface area contributed by atoms with Crippen LogP contribution in [0, 0.1) is 23.2 Å². The van der Waals surface area contributed by atoms with Crippen molar-refractivity contribution in [2.45, 2.75) is 84.2 Å². The molecule has 1 saturated heterocycles. The fourth-order valence-corrected chi connectivity index (χ4v) is 5.49. The standard InChI is InChI=1S/C19H32O2/c1-6-7-8-17-20-16-11-14-13(2)9-10-15(14)18(3,4)12-19(16,5)21-17/h6,13-17H,1,7-12H2,2-5H3/t13-,14?,15-,16+,17+,19-/m1/s1. The molecular weight excluding hydrogens is 260 g/mol. The maximum Gasteiger partial charge on any atom is 0.159 e. The Kier molecular flexibility index (Phi) is 3.99. The lowest BCUT2D eigenvalue weighted by Crippen LogP contribution is -2.39. The fourth-order valence-electron chi connectivity index (χ4n) is 5.49. The third-order valence-electron chi connectivity index (χ3n) is 6.48. The minimum atomic E-state index is -0.0978. The number of ether oxygens (including phenoxy) is 2. The molecule has 2 nitrogen and oxygen atoms in total. The summed E-state index contributed by atoms with van der Waals surface area (Å²) in [5.74, 6) is 2.50. The minimum absolute atomic E-state index is 0.0259. The molecule has 0 radical (unpaired) electrons. The molecule has 0 bridgehead atoms. The van der Waals surface area contributed by atoms with Crippen molar-refractivity contribution in [1.29, 1.82) is 0 Å². The van der Waals surface area contributed by atoms with Crippen molar-refractivity contribution in [3.8, 4) is 0 Å². The lowest BCUT2D eigenvalue weighted by molar-refractivity contribution is -0.104. The largest absolute Gasteiger partial charge is 0.346 e. The zero-order chi connectivity index (χ0) is 15.3. The van der Waals surface area contributed by atoms with E-state index in [1.807, 2.05) is 6.08 Å². The van der Waals surface area contributed by atoms with E-state index in [2.05, 4.69) is 34.3 Å². The lowest BCUT2D eigenvalue weighted by Gasteiger charge is -2.38. The van der Waals surface area contributed by atoms with Gasteiger partial charge >= 0.3 is 0 Å². The zero-order valence-corrected chi connectivity index (χ0v) is 14.2. The van der Waals surface area contributed by atoms with Gasteiger partial charge in [0.1, 0.15) is 0 Å². The van der Waals surface area contributed by atoms with E-state index in [9.17, 15) is 0 Å². The third-order valence-corrected chi connectivity index (χ3v) is 6.48. The van der Waals surface area contributed by atoms with Gasteiger partial charge in [0.15, 0.2) is 6.29 Å². The molecule has 1 heterocycles. The van der Waals surface area contributed by atoms with Crippen LogP contribution in [-0.4, -0.2) is 18.0 Å². The predicted octanol–water partition coefficient (Wildman–Crippen LogP) is 4.94. The fraction of sp³-hybridized carbons (Fsp3) is 0.895. The highest BCUT2D eigenvalue weighted by atomic mass is 16.7.